The van der Waals surface area contributed by atoms with E-state index in [4.69, 9.17) is 5.26 Å². The van der Waals surface area contributed by atoms with Crippen LogP contribution in [0.1, 0.15) is 18.4 Å². The number of nitriles is 1. The number of fused-ring (bicyclic) bond motifs is 1. The summed E-state index contributed by atoms with van der Waals surface area (Å²) in [5.74, 6) is -0.535. The number of nitrogens with one attached hydrogen (secondary N) is 1. The van der Waals surface area contributed by atoms with Crippen LogP contribution in [0.4, 0.5) is 14.5 Å². The van der Waals surface area contributed by atoms with Crippen molar-refractivity contribution in [3.8, 4) is 17.2 Å². The van der Waals surface area contributed by atoms with Gasteiger partial charge in [0.15, 0.2) is 0 Å². The molecule has 1 saturated heterocycles. The number of benzene rings is 2. The Kier molecular flexibility index (Phi) is 6.13. The van der Waals surface area contributed by atoms with Crippen molar-refractivity contribution in [3.05, 3.63) is 60.2 Å². The Morgan fingerprint density at radius 3 is 2.73 bits per heavy atom. The minimum Gasteiger partial charge on any atom is -0.382 e. The lowest BCUT2D eigenvalue weighted by molar-refractivity contribution is 0.327. The number of aromatic nitrogens is 1. The fraction of sp³-hybridized carbons (Fsp3) is 0.273. The molecule has 30 heavy (non-hydrogen) atoms. The number of pyridine rings is 1. The van der Waals surface area contributed by atoms with E-state index in [1.165, 1.54) is 6.07 Å². The lowest BCUT2D eigenvalue weighted by Crippen LogP contribution is -2.42. The summed E-state index contributed by atoms with van der Waals surface area (Å²) in [6.45, 7) is 1.25. The molecular weight excluding hydrogens is 406 g/mol. The number of nitrogens with zero attached hydrogens (tertiary/aromatic N) is 3. The standard InChI is InChI=1S/C22H21F2N4OS/c23-14-30(29)28-7-4-19(5-8-28)27-22-11-17(10-16-3-6-26-13-20(16)22)15-1-2-21(24)18(9-15)12-25/h1-3,6,9-11,13,19,27,29H,4-5,7-8,14H2/q+1. The second-order valence-electron chi connectivity index (χ2n) is 7.22. The maximum absolute atomic E-state index is 13.8. The zero-order chi connectivity index (χ0) is 21.1. The van der Waals surface area contributed by atoms with E-state index in [2.05, 4.69) is 10.3 Å². The molecule has 4 rings (SSSR count). The third-order valence-electron chi connectivity index (χ3n) is 5.39. The van der Waals surface area contributed by atoms with Gasteiger partial charge in [0.2, 0.25) is 0 Å². The molecule has 0 bridgehead atoms. The highest BCUT2D eigenvalue weighted by Gasteiger charge is 2.32. The predicted molar refractivity (Wildman–Crippen MR) is 116 cm³/mol. The molecule has 154 valence electrons. The van der Waals surface area contributed by atoms with E-state index in [9.17, 15) is 13.3 Å². The van der Waals surface area contributed by atoms with Crippen LogP contribution in [0.25, 0.3) is 21.9 Å². The first-order valence-electron chi connectivity index (χ1n) is 9.64. The van der Waals surface area contributed by atoms with Gasteiger partial charge in [-0.25, -0.2) is 4.39 Å². The average molecular weight is 428 g/mol. The van der Waals surface area contributed by atoms with Gasteiger partial charge in [0.05, 0.1) is 5.56 Å². The Balaban J connectivity index is 1.64. The Morgan fingerprint density at radius 2 is 2.00 bits per heavy atom. The maximum atomic E-state index is 13.8. The lowest BCUT2D eigenvalue weighted by atomic mass is 9.98. The average Bonchev–Trinajstić information content (AvgIpc) is 2.79. The molecule has 0 amide bonds. The molecule has 2 heterocycles. The van der Waals surface area contributed by atoms with Crippen LogP contribution in [0.2, 0.25) is 0 Å². The van der Waals surface area contributed by atoms with Gasteiger partial charge >= 0.3 is 0 Å². The molecule has 1 aromatic heterocycles. The molecule has 0 aliphatic carbocycles. The van der Waals surface area contributed by atoms with Crippen molar-refractivity contribution in [1.82, 2.24) is 9.29 Å². The molecule has 2 N–H and O–H groups in total. The van der Waals surface area contributed by atoms with E-state index < -0.39 is 23.2 Å². The minimum atomic E-state index is -1.31. The van der Waals surface area contributed by atoms with Gasteiger partial charge in [-0.2, -0.15) is 14.2 Å². The summed E-state index contributed by atoms with van der Waals surface area (Å²) >= 11 is -1.31. The molecule has 0 saturated carbocycles. The highest BCUT2D eigenvalue weighted by Crippen LogP contribution is 2.32. The lowest BCUT2D eigenvalue weighted by Gasteiger charge is -2.29. The highest BCUT2D eigenvalue weighted by molar-refractivity contribution is 7.89. The molecule has 1 aliphatic heterocycles. The van der Waals surface area contributed by atoms with Crippen LogP contribution in [0, 0.1) is 17.1 Å². The number of rotatable bonds is 5. The summed E-state index contributed by atoms with van der Waals surface area (Å²) in [5.41, 5.74) is 2.55. The number of alkyl halides is 1. The van der Waals surface area contributed by atoms with Crippen LogP contribution in [-0.4, -0.2) is 39.0 Å². The van der Waals surface area contributed by atoms with Gasteiger partial charge < -0.3 is 5.32 Å². The summed E-state index contributed by atoms with van der Waals surface area (Å²) in [4.78, 5) is 4.24. The van der Waals surface area contributed by atoms with Crippen LogP contribution in [0.15, 0.2) is 48.8 Å². The van der Waals surface area contributed by atoms with Gasteiger partial charge in [-0.15, -0.1) is 0 Å². The molecule has 1 unspecified atom stereocenters. The van der Waals surface area contributed by atoms with Crippen molar-refractivity contribution in [1.29, 1.82) is 5.26 Å². The first-order chi connectivity index (χ1) is 14.6. The third-order valence-corrected chi connectivity index (χ3v) is 6.54. The second-order valence-corrected chi connectivity index (χ2v) is 8.64. The fourth-order valence-electron chi connectivity index (χ4n) is 3.77. The number of piperidine rings is 1. The SMILES string of the molecule is N#Cc1cc(-c2cc(NC3CCN([S+](O)CF)CC3)c3cnccc3c2)ccc1F. The van der Waals surface area contributed by atoms with Crippen molar-refractivity contribution in [2.75, 3.05) is 24.4 Å². The van der Waals surface area contributed by atoms with Crippen LogP contribution >= 0.6 is 0 Å². The summed E-state index contributed by atoms with van der Waals surface area (Å²) in [7, 11) is 0. The molecule has 3 aromatic rings. The normalized spacial score (nSPS) is 16.3. The molecule has 8 heteroatoms. The summed E-state index contributed by atoms with van der Waals surface area (Å²) < 4.78 is 38.0. The molecule has 1 fully saturated rings. The van der Waals surface area contributed by atoms with Crippen molar-refractivity contribution in [3.63, 3.8) is 0 Å². The monoisotopic (exact) mass is 427 g/mol. The Labute approximate surface area is 176 Å². The Bertz CT molecular complexity index is 1100. The second kappa shape index (κ2) is 8.96. The van der Waals surface area contributed by atoms with Crippen molar-refractivity contribution in [2.45, 2.75) is 18.9 Å². The van der Waals surface area contributed by atoms with Crippen molar-refractivity contribution < 1.29 is 13.3 Å². The van der Waals surface area contributed by atoms with Gasteiger partial charge in [0.25, 0.3) is 17.4 Å². The quantitative estimate of drug-likeness (QED) is 0.577. The Morgan fingerprint density at radius 1 is 1.20 bits per heavy atom. The zero-order valence-electron chi connectivity index (χ0n) is 16.2. The molecule has 2 aromatic carbocycles. The van der Waals surface area contributed by atoms with Gasteiger partial charge in [0, 0.05) is 42.6 Å². The summed E-state index contributed by atoms with van der Waals surface area (Å²) in [5, 5.41) is 14.7. The van der Waals surface area contributed by atoms with Crippen LogP contribution in [-0.2, 0) is 11.4 Å². The number of halogens is 2. The van der Waals surface area contributed by atoms with E-state index in [-0.39, 0.29) is 11.6 Å². The van der Waals surface area contributed by atoms with E-state index in [1.54, 1.807) is 28.8 Å². The van der Waals surface area contributed by atoms with E-state index >= 15 is 0 Å². The smallest absolute Gasteiger partial charge is 0.298 e. The fourth-order valence-corrected chi connectivity index (χ4v) is 4.55. The van der Waals surface area contributed by atoms with E-state index in [1.807, 2.05) is 24.3 Å². The van der Waals surface area contributed by atoms with Crippen LogP contribution < -0.4 is 5.32 Å². The van der Waals surface area contributed by atoms with Gasteiger partial charge in [-0.05, 0) is 59.7 Å². The molecule has 0 radical (unpaired) electrons. The van der Waals surface area contributed by atoms with Gasteiger partial charge in [-0.1, -0.05) is 10.4 Å². The maximum Gasteiger partial charge on any atom is 0.298 e. The molecule has 0 spiro atoms. The van der Waals surface area contributed by atoms with E-state index in [0.29, 0.717) is 13.1 Å². The minimum absolute atomic E-state index is 0.0106. The summed E-state index contributed by atoms with van der Waals surface area (Å²) in [6.07, 6.45) is 5.09. The predicted octanol–water partition coefficient (Wildman–Crippen LogP) is 4.72. The Hall–Kier alpha value is -2.73. The largest absolute Gasteiger partial charge is 0.382 e. The number of hydrogen-bond acceptors (Lipinski definition) is 5. The van der Waals surface area contributed by atoms with Crippen LogP contribution in [0.5, 0.6) is 0 Å². The molecule has 1 aliphatic rings. The topological polar surface area (TPSA) is 72.2 Å². The van der Waals surface area contributed by atoms with Crippen molar-refractivity contribution >= 4 is 27.8 Å². The van der Waals surface area contributed by atoms with Crippen LogP contribution in [0.3, 0.4) is 0 Å². The zero-order valence-corrected chi connectivity index (χ0v) is 17.0. The third kappa shape index (κ3) is 4.24. The summed E-state index contributed by atoms with van der Waals surface area (Å²) in [6, 6.07) is 11.8. The molecule has 1 atom stereocenters. The number of anilines is 1. The molecular formula is C22H21F2N4OS+. The van der Waals surface area contributed by atoms with Gasteiger partial charge in [0.1, 0.15) is 11.9 Å². The molecule has 5 nitrogen and oxygen atoms in total. The first kappa shape index (κ1) is 20.5. The number of hydrogen-bond donors (Lipinski definition) is 2. The van der Waals surface area contributed by atoms with Gasteiger partial charge in [-0.3, -0.25) is 4.98 Å². The van der Waals surface area contributed by atoms with Crippen molar-refractivity contribution in [2.24, 2.45) is 0 Å². The first-order valence-corrected chi connectivity index (χ1v) is 10.9. The highest BCUT2D eigenvalue weighted by atomic mass is 32.2. The van der Waals surface area contributed by atoms with E-state index in [0.717, 1.165) is 40.4 Å².